The lowest BCUT2D eigenvalue weighted by Crippen LogP contribution is -2.47. The molecule has 5 nitrogen and oxygen atoms in total. The molecule has 4 rings (SSSR count). The van der Waals surface area contributed by atoms with Crippen molar-refractivity contribution in [3.8, 4) is 0 Å². The second-order valence-corrected chi connectivity index (χ2v) is 9.41. The average molecular weight is 382 g/mol. The van der Waals surface area contributed by atoms with Gasteiger partial charge in [0.25, 0.3) is 11.5 Å². The summed E-state index contributed by atoms with van der Waals surface area (Å²) < 4.78 is 1.47. The summed E-state index contributed by atoms with van der Waals surface area (Å²) in [5, 5.41) is 9.01. The predicted octanol–water partition coefficient (Wildman–Crippen LogP) is 4.14. The van der Waals surface area contributed by atoms with E-state index in [0.717, 1.165) is 25.7 Å². The molecule has 1 aromatic carbocycles. The van der Waals surface area contributed by atoms with Crippen LogP contribution in [0.4, 0.5) is 0 Å². The quantitative estimate of drug-likeness (QED) is 0.846. The lowest BCUT2D eigenvalue weighted by Gasteiger charge is -2.39. The van der Waals surface area contributed by atoms with Gasteiger partial charge in [0.1, 0.15) is 0 Å². The maximum atomic E-state index is 13.3. The number of benzene rings is 1. The maximum absolute atomic E-state index is 13.3. The predicted molar refractivity (Wildman–Crippen MR) is 111 cm³/mol. The monoisotopic (exact) mass is 381 g/mol. The first-order valence-corrected chi connectivity index (χ1v) is 10.6. The number of carbonyl (C=O) groups is 1. The number of unbranched alkanes of at least 4 members (excludes halogenated alkanes) is 1. The van der Waals surface area contributed by atoms with Crippen molar-refractivity contribution in [3.05, 3.63) is 40.3 Å². The molecular weight excluding hydrogens is 350 g/mol. The van der Waals surface area contributed by atoms with E-state index >= 15 is 0 Å². The Balaban J connectivity index is 1.70. The van der Waals surface area contributed by atoms with Gasteiger partial charge >= 0.3 is 0 Å². The van der Waals surface area contributed by atoms with Crippen molar-refractivity contribution >= 4 is 16.7 Å². The van der Waals surface area contributed by atoms with Crippen LogP contribution in [0.25, 0.3) is 10.8 Å². The Hall–Kier alpha value is -2.17. The van der Waals surface area contributed by atoms with Crippen LogP contribution >= 0.6 is 0 Å². The molecule has 1 N–H and O–H groups in total. The summed E-state index contributed by atoms with van der Waals surface area (Å²) in [6.45, 7) is 9.62. The van der Waals surface area contributed by atoms with Gasteiger partial charge in [-0.25, -0.2) is 4.68 Å². The molecule has 1 aromatic heterocycles. The third-order valence-corrected chi connectivity index (χ3v) is 7.91. The number of hydrogen-bond acceptors (Lipinski definition) is 3. The number of nitrogens with zero attached hydrogens (tertiary/aromatic N) is 2. The van der Waals surface area contributed by atoms with Crippen molar-refractivity contribution in [2.24, 2.45) is 16.7 Å². The van der Waals surface area contributed by atoms with Crippen LogP contribution in [0, 0.1) is 16.7 Å². The fourth-order valence-corrected chi connectivity index (χ4v) is 5.51. The molecule has 2 saturated carbocycles. The molecule has 150 valence electrons. The number of rotatable bonds is 5. The van der Waals surface area contributed by atoms with E-state index in [4.69, 9.17) is 0 Å². The zero-order valence-corrected chi connectivity index (χ0v) is 17.4. The van der Waals surface area contributed by atoms with Gasteiger partial charge in [-0.05, 0) is 48.5 Å². The van der Waals surface area contributed by atoms with Crippen LogP contribution in [0.3, 0.4) is 0 Å². The summed E-state index contributed by atoms with van der Waals surface area (Å²) in [6.07, 6.45) is 5.27. The van der Waals surface area contributed by atoms with Crippen molar-refractivity contribution in [1.82, 2.24) is 15.1 Å². The zero-order chi connectivity index (χ0) is 20.1. The van der Waals surface area contributed by atoms with Gasteiger partial charge in [0.15, 0.2) is 5.69 Å². The topological polar surface area (TPSA) is 64.0 Å². The minimum atomic E-state index is -0.156. The van der Waals surface area contributed by atoms with E-state index in [-0.39, 0.29) is 28.3 Å². The number of carbonyl (C=O) groups excluding carboxylic acids is 1. The SMILES string of the molecule is CCCCn1nc(C(=O)NC2CC3CCC2(C)C3(C)C)c2ccccc2c1=O. The molecule has 3 atom stereocenters. The number of hydrogen-bond donors (Lipinski definition) is 1. The highest BCUT2D eigenvalue weighted by molar-refractivity contribution is 6.04. The molecule has 0 radical (unpaired) electrons. The summed E-state index contributed by atoms with van der Waals surface area (Å²) >= 11 is 0. The molecule has 2 aromatic rings. The van der Waals surface area contributed by atoms with Crippen molar-refractivity contribution < 1.29 is 4.79 Å². The summed E-state index contributed by atoms with van der Waals surface area (Å²) in [7, 11) is 0. The van der Waals surface area contributed by atoms with Gasteiger partial charge in [-0.1, -0.05) is 52.3 Å². The fourth-order valence-electron chi connectivity index (χ4n) is 5.51. The number of aromatic nitrogens is 2. The molecular formula is C23H31N3O2. The first-order valence-electron chi connectivity index (χ1n) is 10.6. The summed E-state index contributed by atoms with van der Waals surface area (Å²) in [5.41, 5.74) is 0.601. The zero-order valence-electron chi connectivity index (χ0n) is 17.4. The molecule has 1 heterocycles. The molecule has 28 heavy (non-hydrogen) atoms. The fraction of sp³-hybridized carbons (Fsp3) is 0.609. The van der Waals surface area contributed by atoms with Crippen molar-refractivity contribution in [2.45, 2.75) is 72.4 Å². The van der Waals surface area contributed by atoms with E-state index in [1.807, 2.05) is 18.2 Å². The Morgan fingerprint density at radius 2 is 1.96 bits per heavy atom. The lowest BCUT2D eigenvalue weighted by atomic mass is 9.69. The largest absolute Gasteiger partial charge is 0.347 e. The number of amides is 1. The van der Waals surface area contributed by atoms with Crippen LogP contribution in [-0.2, 0) is 6.54 Å². The van der Waals surface area contributed by atoms with Crippen LogP contribution in [0.15, 0.2) is 29.1 Å². The van der Waals surface area contributed by atoms with Crippen LogP contribution in [0.1, 0.15) is 70.3 Å². The highest BCUT2D eigenvalue weighted by Crippen LogP contribution is 2.65. The maximum Gasteiger partial charge on any atom is 0.274 e. The summed E-state index contributed by atoms with van der Waals surface area (Å²) in [5.74, 6) is 0.502. The van der Waals surface area contributed by atoms with Gasteiger partial charge in [0.2, 0.25) is 0 Å². The minimum absolute atomic E-state index is 0.111. The number of fused-ring (bicyclic) bond motifs is 3. The molecule has 2 fully saturated rings. The summed E-state index contributed by atoms with van der Waals surface area (Å²) in [4.78, 5) is 26.1. The molecule has 2 bridgehead atoms. The van der Waals surface area contributed by atoms with Gasteiger partial charge in [0, 0.05) is 18.0 Å². The van der Waals surface area contributed by atoms with Crippen LogP contribution in [-0.4, -0.2) is 21.7 Å². The van der Waals surface area contributed by atoms with Gasteiger partial charge in [-0.3, -0.25) is 9.59 Å². The Morgan fingerprint density at radius 3 is 2.57 bits per heavy atom. The Kier molecular flexibility index (Phi) is 4.59. The molecule has 1 amide bonds. The Morgan fingerprint density at radius 1 is 1.25 bits per heavy atom. The highest BCUT2D eigenvalue weighted by Gasteiger charge is 2.61. The van der Waals surface area contributed by atoms with Crippen molar-refractivity contribution in [1.29, 1.82) is 0 Å². The van der Waals surface area contributed by atoms with Crippen molar-refractivity contribution in [2.75, 3.05) is 0 Å². The van der Waals surface area contributed by atoms with Gasteiger partial charge < -0.3 is 5.32 Å². The molecule has 3 unspecified atom stereocenters. The lowest BCUT2D eigenvalue weighted by molar-refractivity contribution is 0.0821. The summed E-state index contributed by atoms with van der Waals surface area (Å²) in [6, 6.07) is 7.48. The second-order valence-electron chi connectivity index (χ2n) is 9.41. The van der Waals surface area contributed by atoms with E-state index < -0.39 is 0 Å². The van der Waals surface area contributed by atoms with E-state index in [0.29, 0.717) is 28.9 Å². The molecule has 2 aliphatic rings. The highest BCUT2D eigenvalue weighted by atomic mass is 16.2. The molecule has 0 aliphatic heterocycles. The van der Waals surface area contributed by atoms with E-state index in [1.54, 1.807) is 6.07 Å². The smallest absolute Gasteiger partial charge is 0.274 e. The third kappa shape index (κ3) is 2.70. The minimum Gasteiger partial charge on any atom is -0.347 e. The average Bonchev–Trinajstić information content (AvgIpc) is 3.01. The standard InChI is InChI=1S/C23H31N3O2/c1-5-6-13-26-21(28)17-10-8-7-9-16(17)19(25-26)20(27)24-18-14-15-11-12-23(18,4)22(15,2)3/h7-10,15,18H,5-6,11-14H2,1-4H3,(H,24,27). The van der Waals surface area contributed by atoms with Crippen LogP contribution in [0.5, 0.6) is 0 Å². The number of nitrogens with one attached hydrogen (secondary N) is 1. The molecule has 5 heteroatoms. The van der Waals surface area contributed by atoms with E-state index in [1.165, 1.54) is 11.1 Å². The third-order valence-electron chi connectivity index (χ3n) is 7.91. The molecule has 0 saturated heterocycles. The van der Waals surface area contributed by atoms with Gasteiger partial charge in [-0.15, -0.1) is 0 Å². The molecule has 0 spiro atoms. The van der Waals surface area contributed by atoms with Crippen LogP contribution in [0.2, 0.25) is 0 Å². The molecule has 2 aliphatic carbocycles. The Bertz CT molecular complexity index is 977. The van der Waals surface area contributed by atoms with Gasteiger partial charge in [-0.2, -0.15) is 5.10 Å². The first-order chi connectivity index (χ1) is 13.3. The number of aryl methyl sites for hydroxylation is 1. The normalized spacial score (nSPS) is 28.0. The second kappa shape index (κ2) is 6.71. The van der Waals surface area contributed by atoms with Gasteiger partial charge in [0.05, 0.1) is 5.39 Å². The Labute approximate surface area is 166 Å². The van der Waals surface area contributed by atoms with E-state index in [9.17, 15) is 9.59 Å². The first kappa shape index (κ1) is 19.2. The van der Waals surface area contributed by atoms with E-state index in [2.05, 4.69) is 38.1 Å². The van der Waals surface area contributed by atoms with Crippen molar-refractivity contribution in [3.63, 3.8) is 0 Å². The van der Waals surface area contributed by atoms with Crippen LogP contribution < -0.4 is 10.9 Å².